The highest BCUT2D eigenvalue weighted by molar-refractivity contribution is 5.74. The number of aromatic amines is 1. The van der Waals surface area contributed by atoms with Crippen molar-refractivity contribution in [3.05, 3.63) is 30.1 Å². The van der Waals surface area contributed by atoms with Crippen LogP contribution in [0.2, 0.25) is 0 Å². The summed E-state index contributed by atoms with van der Waals surface area (Å²) in [6, 6.07) is 6.15. The highest BCUT2D eigenvalue weighted by Crippen LogP contribution is 2.13. The van der Waals surface area contributed by atoms with E-state index in [9.17, 15) is 0 Å². The molecule has 0 saturated heterocycles. The Kier molecular flexibility index (Phi) is 2.50. The molecule has 74 valence electrons. The zero-order valence-corrected chi connectivity index (χ0v) is 8.20. The summed E-state index contributed by atoms with van der Waals surface area (Å²) < 4.78 is 0. The number of benzene rings is 1. The molecule has 0 aliphatic rings. The Morgan fingerprint density at radius 1 is 1.50 bits per heavy atom. The standard InChI is InChI=1S/C11H14N2O/c1-8(14)2-3-9-4-5-10-11(6-9)13-7-12-10/h4-8,14H,2-3H2,1H3,(H,12,13)/t8-/m0/s1. The van der Waals surface area contributed by atoms with Crippen LogP contribution in [-0.4, -0.2) is 21.2 Å². The van der Waals surface area contributed by atoms with Crippen LogP contribution in [0, 0.1) is 0 Å². The number of aliphatic hydroxyl groups excluding tert-OH is 1. The molecule has 0 radical (unpaired) electrons. The van der Waals surface area contributed by atoms with Gasteiger partial charge in [0, 0.05) is 0 Å². The van der Waals surface area contributed by atoms with Crippen LogP contribution in [0.3, 0.4) is 0 Å². The van der Waals surface area contributed by atoms with E-state index < -0.39 is 0 Å². The summed E-state index contributed by atoms with van der Waals surface area (Å²) in [5.74, 6) is 0. The first-order valence-corrected chi connectivity index (χ1v) is 4.86. The van der Waals surface area contributed by atoms with Gasteiger partial charge >= 0.3 is 0 Å². The summed E-state index contributed by atoms with van der Waals surface area (Å²) in [4.78, 5) is 7.22. The quantitative estimate of drug-likeness (QED) is 0.776. The van der Waals surface area contributed by atoms with Crippen LogP contribution in [0.5, 0.6) is 0 Å². The lowest BCUT2D eigenvalue weighted by Gasteiger charge is -2.03. The first-order valence-electron chi connectivity index (χ1n) is 4.86. The van der Waals surface area contributed by atoms with Gasteiger partial charge in [-0.3, -0.25) is 0 Å². The van der Waals surface area contributed by atoms with Crippen LogP contribution in [-0.2, 0) is 6.42 Å². The molecule has 0 bridgehead atoms. The van der Waals surface area contributed by atoms with Crippen LogP contribution in [0.1, 0.15) is 18.9 Å². The Morgan fingerprint density at radius 3 is 3.14 bits per heavy atom. The molecule has 3 heteroatoms. The first-order chi connectivity index (χ1) is 6.75. The molecule has 2 rings (SSSR count). The molecule has 0 saturated carbocycles. The number of fused-ring (bicyclic) bond motifs is 1. The van der Waals surface area contributed by atoms with Crippen LogP contribution in [0.4, 0.5) is 0 Å². The summed E-state index contributed by atoms with van der Waals surface area (Å²) in [7, 11) is 0. The molecule has 14 heavy (non-hydrogen) atoms. The molecule has 1 atom stereocenters. The maximum Gasteiger partial charge on any atom is 0.0931 e. The van der Waals surface area contributed by atoms with E-state index in [1.807, 2.05) is 13.0 Å². The highest BCUT2D eigenvalue weighted by atomic mass is 16.3. The number of nitrogens with zero attached hydrogens (tertiary/aromatic N) is 1. The minimum Gasteiger partial charge on any atom is -0.393 e. The third-order valence-electron chi connectivity index (χ3n) is 2.34. The van der Waals surface area contributed by atoms with Crippen LogP contribution in [0.15, 0.2) is 24.5 Å². The van der Waals surface area contributed by atoms with Crippen LogP contribution in [0.25, 0.3) is 11.0 Å². The monoisotopic (exact) mass is 190 g/mol. The maximum absolute atomic E-state index is 9.17. The summed E-state index contributed by atoms with van der Waals surface area (Å²) >= 11 is 0. The molecule has 2 N–H and O–H groups in total. The van der Waals surface area contributed by atoms with Gasteiger partial charge in [0.05, 0.1) is 23.5 Å². The fourth-order valence-corrected chi connectivity index (χ4v) is 1.51. The maximum atomic E-state index is 9.17. The fraction of sp³-hybridized carbons (Fsp3) is 0.364. The molecular weight excluding hydrogens is 176 g/mol. The minimum absolute atomic E-state index is 0.229. The second-order valence-electron chi connectivity index (χ2n) is 3.64. The smallest absolute Gasteiger partial charge is 0.0931 e. The largest absolute Gasteiger partial charge is 0.393 e. The summed E-state index contributed by atoms with van der Waals surface area (Å²) in [5.41, 5.74) is 3.29. The van der Waals surface area contributed by atoms with Crippen LogP contribution >= 0.6 is 0 Å². The molecule has 1 aromatic carbocycles. The van der Waals surface area contributed by atoms with Crippen molar-refractivity contribution >= 4 is 11.0 Å². The predicted octanol–water partition coefficient (Wildman–Crippen LogP) is 1.88. The van der Waals surface area contributed by atoms with E-state index in [1.54, 1.807) is 6.33 Å². The Bertz CT molecular complexity index is 420. The molecule has 0 amide bonds. The van der Waals surface area contributed by atoms with E-state index in [0.717, 1.165) is 23.9 Å². The van der Waals surface area contributed by atoms with Crippen molar-refractivity contribution < 1.29 is 5.11 Å². The number of H-pyrrole nitrogens is 1. The number of aromatic nitrogens is 2. The lowest BCUT2D eigenvalue weighted by molar-refractivity contribution is 0.185. The molecule has 0 aliphatic heterocycles. The number of aliphatic hydroxyl groups is 1. The summed E-state index contributed by atoms with van der Waals surface area (Å²) in [6.07, 6.45) is 3.18. The molecule has 0 aliphatic carbocycles. The van der Waals surface area contributed by atoms with Gasteiger partial charge in [-0.25, -0.2) is 4.98 Å². The number of hydrogen-bond acceptors (Lipinski definition) is 2. The van der Waals surface area contributed by atoms with Crippen molar-refractivity contribution in [2.24, 2.45) is 0 Å². The topological polar surface area (TPSA) is 48.9 Å². The average Bonchev–Trinajstić information content (AvgIpc) is 2.61. The third kappa shape index (κ3) is 1.93. The molecule has 2 aromatic rings. The van der Waals surface area contributed by atoms with Gasteiger partial charge in [0.1, 0.15) is 0 Å². The van der Waals surface area contributed by atoms with Crippen molar-refractivity contribution in [1.82, 2.24) is 9.97 Å². The minimum atomic E-state index is -0.229. The van der Waals surface area contributed by atoms with Gasteiger partial charge in [-0.05, 0) is 37.5 Å². The zero-order valence-electron chi connectivity index (χ0n) is 8.20. The Hall–Kier alpha value is -1.35. The molecule has 0 fully saturated rings. The molecule has 1 heterocycles. The van der Waals surface area contributed by atoms with E-state index in [0.29, 0.717) is 0 Å². The van der Waals surface area contributed by atoms with Gasteiger partial charge in [0.25, 0.3) is 0 Å². The number of aryl methyl sites for hydroxylation is 1. The Balaban J connectivity index is 2.17. The highest BCUT2D eigenvalue weighted by Gasteiger charge is 2.00. The molecule has 3 nitrogen and oxygen atoms in total. The van der Waals surface area contributed by atoms with Gasteiger partial charge in [0.15, 0.2) is 0 Å². The van der Waals surface area contributed by atoms with E-state index >= 15 is 0 Å². The van der Waals surface area contributed by atoms with Crippen molar-refractivity contribution in [3.8, 4) is 0 Å². The van der Waals surface area contributed by atoms with E-state index in [2.05, 4.69) is 22.1 Å². The predicted molar refractivity (Wildman–Crippen MR) is 56.1 cm³/mol. The SMILES string of the molecule is C[C@H](O)CCc1ccc2nc[nH]c2c1. The van der Waals surface area contributed by atoms with Crippen molar-refractivity contribution in [1.29, 1.82) is 0 Å². The van der Waals surface area contributed by atoms with Crippen molar-refractivity contribution in [3.63, 3.8) is 0 Å². The van der Waals surface area contributed by atoms with E-state index in [1.165, 1.54) is 5.56 Å². The second-order valence-corrected chi connectivity index (χ2v) is 3.64. The van der Waals surface area contributed by atoms with Gasteiger partial charge in [-0.2, -0.15) is 0 Å². The Morgan fingerprint density at radius 2 is 2.36 bits per heavy atom. The lowest BCUT2D eigenvalue weighted by Crippen LogP contribution is -2.01. The number of hydrogen-bond donors (Lipinski definition) is 2. The number of nitrogens with one attached hydrogen (secondary N) is 1. The number of rotatable bonds is 3. The lowest BCUT2D eigenvalue weighted by atomic mass is 10.1. The second kappa shape index (κ2) is 3.80. The third-order valence-corrected chi connectivity index (χ3v) is 2.34. The molecular formula is C11H14N2O. The normalized spacial score (nSPS) is 13.3. The zero-order chi connectivity index (χ0) is 9.97. The van der Waals surface area contributed by atoms with Crippen LogP contribution < -0.4 is 0 Å². The Labute approximate surface area is 82.8 Å². The average molecular weight is 190 g/mol. The molecule has 0 unspecified atom stereocenters. The van der Waals surface area contributed by atoms with Gasteiger partial charge in [0.2, 0.25) is 0 Å². The fourth-order valence-electron chi connectivity index (χ4n) is 1.51. The van der Waals surface area contributed by atoms with E-state index in [-0.39, 0.29) is 6.10 Å². The van der Waals surface area contributed by atoms with Crippen molar-refractivity contribution in [2.75, 3.05) is 0 Å². The van der Waals surface area contributed by atoms with Gasteiger partial charge in [-0.1, -0.05) is 6.07 Å². The summed E-state index contributed by atoms with van der Waals surface area (Å²) in [6.45, 7) is 1.81. The number of imidazole rings is 1. The van der Waals surface area contributed by atoms with Crippen molar-refractivity contribution in [2.45, 2.75) is 25.9 Å². The molecule has 0 spiro atoms. The van der Waals surface area contributed by atoms with Gasteiger partial charge < -0.3 is 10.1 Å². The first kappa shape index (κ1) is 9.21. The summed E-state index contributed by atoms with van der Waals surface area (Å²) in [5, 5.41) is 9.17. The van der Waals surface area contributed by atoms with E-state index in [4.69, 9.17) is 5.11 Å². The van der Waals surface area contributed by atoms with Gasteiger partial charge in [-0.15, -0.1) is 0 Å². The molecule has 1 aromatic heterocycles.